The smallest absolute Gasteiger partial charge is 0.411 e. The van der Waals surface area contributed by atoms with Crippen LogP contribution < -0.4 is 10.6 Å². The zero-order valence-electron chi connectivity index (χ0n) is 20.7. The maximum Gasteiger partial charge on any atom is 0.411 e. The first-order chi connectivity index (χ1) is 17.3. The molecule has 1 aliphatic rings. The van der Waals surface area contributed by atoms with Crippen LogP contribution in [0.3, 0.4) is 0 Å². The zero-order chi connectivity index (χ0) is 25.7. The van der Waals surface area contributed by atoms with Gasteiger partial charge in [0.05, 0.1) is 11.4 Å². The van der Waals surface area contributed by atoms with Crippen molar-refractivity contribution < 1.29 is 19.1 Å². The molecule has 1 aliphatic heterocycles. The summed E-state index contributed by atoms with van der Waals surface area (Å²) >= 11 is 1.37. The third kappa shape index (κ3) is 6.12. The summed E-state index contributed by atoms with van der Waals surface area (Å²) in [4.78, 5) is 40.8. The van der Waals surface area contributed by atoms with E-state index < -0.39 is 18.2 Å². The van der Waals surface area contributed by atoms with Gasteiger partial charge in [0.2, 0.25) is 5.91 Å². The third-order valence-electron chi connectivity index (χ3n) is 6.05. The number of nitrogens with one attached hydrogen (secondary N) is 2. The monoisotopic (exact) mass is 505 g/mol. The van der Waals surface area contributed by atoms with Crippen molar-refractivity contribution in [3.63, 3.8) is 0 Å². The molecule has 36 heavy (non-hydrogen) atoms. The molecule has 0 bridgehead atoms. The second kappa shape index (κ2) is 11.4. The zero-order valence-corrected chi connectivity index (χ0v) is 21.5. The van der Waals surface area contributed by atoms with Gasteiger partial charge in [0.15, 0.2) is 12.1 Å². The largest absolute Gasteiger partial charge is 0.438 e. The minimum atomic E-state index is -0.809. The van der Waals surface area contributed by atoms with Crippen molar-refractivity contribution in [3.05, 3.63) is 87.6 Å². The number of hydrogen-bond acceptors (Lipinski definition) is 5. The normalized spacial score (nSPS) is 17.2. The summed E-state index contributed by atoms with van der Waals surface area (Å²) in [6.45, 7) is 6.98. The summed E-state index contributed by atoms with van der Waals surface area (Å²) in [5.41, 5.74) is 3.32. The van der Waals surface area contributed by atoms with Crippen molar-refractivity contribution >= 4 is 34.9 Å². The van der Waals surface area contributed by atoms with Gasteiger partial charge in [0.25, 0.3) is 5.91 Å². The number of aryl methyl sites for hydroxylation is 1. The number of hydrogen-bond donors (Lipinski definition) is 2. The highest BCUT2D eigenvalue weighted by Crippen LogP contribution is 2.34. The fraction of sp³-hybridized carbons (Fsp3) is 0.321. The number of amides is 3. The summed E-state index contributed by atoms with van der Waals surface area (Å²) in [5.74, 6) is 0.0221. The molecule has 188 valence electrons. The summed E-state index contributed by atoms with van der Waals surface area (Å²) in [6, 6.07) is 17.7. The minimum absolute atomic E-state index is 0.184. The van der Waals surface area contributed by atoms with Gasteiger partial charge in [-0.2, -0.15) is 0 Å². The summed E-state index contributed by atoms with van der Waals surface area (Å²) < 4.78 is 5.74. The predicted molar refractivity (Wildman–Crippen MR) is 141 cm³/mol. The van der Waals surface area contributed by atoms with Crippen LogP contribution in [-0.4, -0.2) is 35.4 Å². The number of anilines is 1. The molecule has 2 heterocycles. The third-order valence-corrected chi connectivity index (χ3v) is 6.92. The lowest BCUT2D eigenvalue weighted by molar-refractivity contribution is -0.126. The van der Waals surface area contributed by atoms with Crippen LogP contribution in [-0.2, 0) is 16.1 Å². The average molecular weight is 506 g/mol. The van der Waals surface area contributed by atoms with Crippen LogP contribution in [0.1, 0.15) is 52.7 Å². The Labute approximate surface area is 215 Å². The van der Waals surface area contributed by atoms with E-state index >= 15 is 0 Å². The highest BCUT2D eigenvalue weighted by Gasteiger charge is 2.46. The molecule has 0 unspecified atom stereocenters. The standard InChI is InChI=1S/C28H31N3O4S/c1-18(2)13-14-29-27(33)24-25(35-28(34)31(24)17-20-7-4-6-19(3)16-20)21-9-11-22(12-10-21)30-26(32)23-8-5-15-36-23/h4-12,15-16,18,24-25H,13-14,17H2,1-3H3,(H,29,33)(H,30,32)/t24-,25+/m1/s1. The minimum Gasteiger partial charge on any atom is -0.438 e. The van der Waals surface area contributed by atoms with E-state index in [2.05, 4.69) is 24.5 Å². The van der Waals surface area contributed by atoms with E-state index in [4.69, 9.17) is 4.74 Å². The summed E-state index contributed by atoms with van der Waals surface area (Å²) in [7, 11) is 0. The van der Waals surface area contributed by atoms with Gasteiger partial charge >= 0.3 is 6.09 Å². The lowest BCUT2D eigenvalue weighted by atomic mass is 10.00. The molecule has 2 atom stereocenters. The summed E-state index contributed by atoms with van der Waals surface area (Å²) in [6.07, 6.45) is -0.446. The number of carbonyl (C=O) groups is 3. The second-order valence-electron chi connectivity index (χ2n) is 9.39. The molecule has 0 spiro atoms. The van der Waals surface area contributed by atoms with E-state index in [1.807, 2.05) is 42.6 Å². The number of carbonyl (C=O) groups excluding carboxylic acids is 3. The van der Waals surface area contributed by atoms with Gasteiger partial charge in [0, 0.05) is 12.2 Å². The van der Waals surface area contributed by atoms with E-state index in [0.29, 0.717) is 28.6 Å². The molecule has 1 aromatic heterocycles. The number of nitrogens with zero attached hydrogens (tertiary/aromatic N) is 1. The molecule has 1 saturated heterocycles. The molecule has 0 radical (unpaired) electrons. The SMILES string of the molecule is Cc1cccc(CN2C(=O)O[C@@H](c3ccc(NC(=O)c4cccs4)cc3)[C@@H]2C(=O)NCCC(C)C)c1. The Morgan fingerprint density at radius 1 is 1.08 bits per heavy atom. The van der Waals surface area contributed by atoms with Crippen molar-refractivity contribution in [2.45, 2.75) is 45.9 Å². The Balaban J connectivity index is 1.54. The van der Waals surface area contributed by atoms with Crippen molar-refractivity contribution in [1.82, 2.24) is 10.2 Å². The Kier molecular flexibility index (Phi) is 8.05. The highest BCUT2D eigenvalue weighted by atomic mass is 32.1. The van der Waals surface area contributed by atoms with E-state index in [1.54, 1.807) is 30.3 Å². The van der Waals surface area contributed by atoms with Crippen LogP contribution in [0.4, 0.5) is 10.5 Å². The van der Waals surface area contributed by atoms with Crippen LogP contribution in [0.15, 0.2) is 66.0 Å². The van der Waals surface area contributed by atoms with Gasteiger partial charge in [-0.3, -0.25) is 14.5 Å². The molecule has 0 aliphatic carbocycles. The first kappa shape index (κ1) is 25.4. The summed E-state index contributed by atoms with van der Waals surface area (Å²) in [5, 5.41) is 7.70. The van der Waals surface area contributed by atoms with Crippen molar-refractivity contribution in [2.24, 2.45) is 5.92 Å². The second-order valence-corrected chi connectivity index (χ2v) is 10.3. The average Bonchev–Trinajstić information content (AvgIpc) is 3.48. The van der Waals surface area contributed by atoms with Crippen LogP contribution >= 0.6 is 11.3 Å². The molecule has 8 heteroatoms. The lowest BCUT2D eigenvalue weighted by Crippen LogP contribution is -2.46. The fourth-order valence-corrected chi connectivity index (χ4v) is 4.78. The molecule has 2 aromatic carbocycles. The maximum absolute atomic E-state index is 13.3. The molecule has 4 rings (SSSR count). The first-order valence-corrected chi connectivity index (χ1v) is 12.9. The Morgan fingerprint density at radius 2 is 1.86 bits per heavy atom. The first-order valence-electron chi connectivity index (χ1n) is 12.1. The van der Waals surface area contributed by atoms with E-state index in [9.17, 15) is 14.4 Å². The van der Waals surface area contributed by atoms with Crippen molar-refractivity contribution in [2.75, 3.05) is 11.9 Å². The van der Waals surface area contributed by atoms with E-state index in [-0.39, 0.29) is 18.4 Å². The maximum atomic E-state index is 13.3. The topological polar surface area (TPSA) is 87.7 Å². The molecule has 1 fully saturated rings. The number of cyclic esters (lactones) is 1. The fourth-order valence-electron chi connectivity index (χ4n) is 4.16. The number of thiophene rings is 1. The van der Waals surface area contributed by atoms with Crippen LogP contribution in [0.2, 0.25) is 0 Å². The van der Waals surface area contributed by atoms with Crippen LogP contribution in [0.25, 0.3) is 0 Å². The predicted octanol–water partition coefficient (Wildman–Crippen LogP) is 5.53. The molecular formula is C28H31N3O4S. The van der Waals surface area contributed by atoms with Gasteiger partial charge in [0.1, 0.15) is 0 Å². The Hall–Kier alpha value is -3.65. The van der Waals surface area contributed by atoms with Gasteiger partial charge in [-0.15, -0.1) is 11.3 Å². The molecule has 7 nitrogen and oxygen atoms in total. The lowest BCUT2D eigenvalue weighted by Gasteiger charge is -2.24. The molecular weight excluding hydrogens is 474 g/mol. The molecule has 0 saturated carbocycles. The Morgan fingerprint density at radius 3 is 2.53 bits per heavy atom. The quantitative estimate of drug-likeness (QED) is 0.400. The number of ether oxygens (including phenoxy) is 1. The van der Waals surface area contributed by atoms with Crippen LogP contribution in [0, 0.1) is 12.8 Å². The van der Waals surface area contributed by atoms with Gasteiger partial charge in [-0.1, -0.05) is 61.9 Å². The van der Waals surface area contributed by atoms with Crippen LogP contribution in [0.5, 0.6) is 0 Å². The number of rotatable bonds is 9. The van der Waals surface area contributed by atoms with Crippen molar-refractivity contribution in [1.29, 1.82) is 0 Å². The molecule has 3 amide bonds. The van der Waals surface area contributed by atoms with Gasteiger partial charge in [-0.25, -0.2) is 4.79 Å². The molecule has 2 N–H and O–H groups in total. The van der Waals surface area contributed by atoms with Crippen molar-refractivity contribution in [3.8, 4) is 0 Å². The highest BCUT2D eigenvalue weighted by molar-refractivity contribution is 7.12. The number of benzene rings is 2. The van der Waals surface area contributed by atoms with E-state index in [0.717, 1.165) is 17.5 Å². The molecule has 3 aromatic rings. The van der Waals surface area contributed by atoms with E-state index in [1.165, 1.54) is 16.2 Å². The Bertz CT molecular complexity index is 1210. The van der Waals surface area contributed by atoms with Gasteiger partial charge in [-0.05, 0) is 54.0 Å². The van der Waals surface area contributed by atoms with Gasteiger partial charge < -0.3 is 15.4 Å².